The molecule has 0 aliphatic heterocycles. The Morgan fingerprint density at radius 1 is 1.05 bits per heavy atom. The Hall–Kier alpha value is -3.15. The molecule has 6 heteroatoms. The standard InChI is InChI=1S/C15H11N3O3/c16-12-3-1-2-4-15(12)21-14-6-5-13(18(19)20)10-7-8-17-9-11(10)14/h1-9H,16H2. The summed E-state index contributed by atoms with van der Waals surface area (Å²) in [6.07, 6.45) is 3.05. The molecule has 0 spiro atoms. The summed E-state index contributed by atoms with van der Waals surface area (Å²) in [7, 11) is 0. The van der Waals surface area contributed by atoms with E-state index >= 15 is 0 Å². The number of nitrogens with zero attached hydrogens (tertiary/aromatic N) is 2. The largest absolute Gasteiger partial charge is 0.454 e. The van der Waals surface area contributed by atoms with Crippen LogP contribution in [0.15, 0.2) is 54.9 Å². The van der Waals surface area contributed by atoms with Crippen LogP contribution in [0, 0.1) is 10.1 Å². The maximum absolute atomic E-state index is 11.1. The molecule has 0 bridgehead atoms. The predicted molar refractivity (Wildman–Crippen MR) is 79.3 cm³/mol. The summed E-state index contributed by atoms with van der Waals surface area (Å²) in [5.74, 6) is 0.970. The summed E-state index contributed by atoms with van der Waals surface area (Å²) in [6.45, 7) is 0. The number of aromatic nitrogens is 1. The van der Waals surface area contributed by atoms with Crippen LogP contribution in [0.5, 0.6) is 11.5 Å². The lowest BCUT2D eigenvalue weighted by molar-refractivity contribution is -0.383. The van der Waals surface area contributed by atoms with Gasteiger partial charge in [-0.25, -0.2) is 0 Å². The van der Waals surface area contributed by atoms with E-state index in [-0.39, 0.29) is 5.69 Å². The molecule has 2 N–H and O–H groups in total. The van der Waals surface area contributed by atoms with Gasteiger partial charge in [0.1, 0.15) is 11.5 Å². The van der Waals surface area contributed by atoms with Gasteiger partial charge < -0.3 is 10.5 Å². The summed E-state index contributed by atoms with van der Waals surface area (Å²) in [4.78, 5) is 14.6. The number of ether oxygens (including phenoxy) is 1. The minimum atomic E-state index is -0.428. The summed E-state index contributed by atoms with van der Waals surface area (Å²) in [6, 6.07) is 11.6. The molecular formula is C15H11N3O3. The van der Waals surface area contributed by atoms with Crippen LogP contribution in [0.1, 0.15) is 0 Å². The van der Waals surface area contributed by atoms with Gasteiger partial charge in [-0.15, -0.1) is 0 Å². The third kappa shape index (κ3) is 2.34. The van der Waals surface area contributed by atoms with Gasteiger partial charge in [-0.05, 0) is 24.3 Å². The predicted octanol–water partition coefficient (Wildman–Crippen LogP) is 3.52. The first-order chi connectivity index (χ1) is 10.2. The molecule has 2 aromatic carbocycles. The van der Waals surface area contributed by atoms with Gasteiger partial charge in [0, 0.05) is 23.8 Å². The number of para-hydroxylation sites is 2. The number of nitrogens with two attached hydrogens (primary N) is 1. The molecule has 21 heavy (non-hydrogen) atoms. The quantitative estimate of drug-likeness (QED) is 0.450. The van der Waals surface area contributed by atoms with E-state index in [0.29, 0.717) is 28.0 Å². The lowest BCUT2D eigenvalue weighted by Crippen LogP contribution is -1.94. The van der Waals surface area contributed by atoms with Crippen LogP contribution in [0.3, 0.4) is 0 Å². The molecule has 3 rings (SSSR count). The number of nitrogen functional groups attached to an aromatic ring is 1. The highest BCUT2D eigenvalue weighted by atomic mass is 16.6. The number of fused-ring (bicyclic) bond motifs is 1. The van der Waals surface area contributed by atoms with E-state index in [1.807, 2.05) is 0 Å². The third-order valence-corrected chi connectivity index (χ3v) is 3.09. The Labute approximate surface area is 119 Å². The zero-order valence-electron chi connectivity index (χ0n) is 10.9. The summed E-state index contributed by atoms with van der Waals surface area (Å²) in [5, 5.41) is 12.1. The second-order valence-corrected chi connectivity index (χ2v) is 4.40. The zero-order chi connectivity index (χ0) is 14.8. The molecule has 0 radical (unpaired) electrons. The molecule has 0 fully saturated rings. The van der Waals surface area contributed by atoms with Crippen LogP contribution in [0.2, 0.25) is 0 Å². The number of hydrogen-bond donors (Lipinski definition) is 1. The molecule has 1 aromatic heterocycles. The maximum atomic E-state index is 11.1. The van der Waals surface area contributed by atoms with E-state index in [1.165, 1.54) is 18.5 Å². The number of hydrogen-bond acceptors (Lipinski definition) is 5. The average molecular weight is 281 g/mol. The molecule has 0 saturated heterocycles. The van der Waals surface area contributed by atoms with Crippen molar-refractivity contribution in [3.63, 3.8) is 0 Å². The van der Waals surface area contributed by atoms with E-state index < -0.39 is 4.92 Å². The molecule has 0 atom stereocenters. The van der Waals surface area contributed by atoms with E-state index in [0.717, 1.165) is 0 Å². The fourth-order valence-corrected chi connectivity index (χ4v) is 2.09. The zero-order valence-corrected chi connectivity index (χ0v) is 10.9. The number of nitro benzene ring substituents is 1. The molecule has 6 nitrogen and oxygen atoms in total. The summed E-state index contributed by atoms with van der Waals surface area (Å²) in [5.41, 5.74) is 6.35. The number of non-ortho nitro benzene ring substituents is 1. The third-order valence-electron chi connectivity index (χ3n) is 3.09. The second kappa shape index (κ2) is 5.09. The van der Waals surface area contributed by atoms with Crippen molar-refractivity contribution in [3.05, 3.63) is 65.0 Å². The van der Waals surface area contributed by atoms with E-state index in [1.54, 1.807) is 36.4 Å². The highest BCUT2D eigenvalue weighted by molar-refractivity contribution is 5.94. The molecule has 1 heterocycles. The minimum absolute atomic E-state index is 0.0146. The van der Waals surface area contributed by atoms with Crippen LogP contribution in [0.4, 0.5) is 11.4 Å². The second-order valence-electron chi connectivity index (χ2n) is 4.40. The summed E-state index contributed by atoms with van der Waals surface area (Å²) < 4.78 is 5.77. The Morgan fingerprint density at radius 3 is 2.62 bits per heavy atom. The van der Waals surface area contributed by atoms with Crippen LogP contribution < -0.4 is 10.5 Å². The summed E-state index contributed by atoms with van der Waals surface area (Å²) >= 11 is 0. The number of anilines is 1. The van der Waals surface area contributed by atoms with E-state index in [4.69, 9.17) is 10.5 Å². The van der Waals surface area contributed by atoms with Gasteiger partial charge in [0.15, 0.2) is 0 Å². The first-order valence-corrected chi connectivity index (χ1v) is 6.20. The lowest BCUT2D eigenvalue weighted by Gasteiger charge is -2.10. The Bertz CT molecular complexity index is 833. The molecule has 104 valence electrons. The Morgan fingerprint density at radius 2 is 1.86 bits per heavy atom. The molecule has 0 unspecified atom stereocenters. The van der Waals surface area contributed by atoms with Gasteiger partial charge in [0.2, 0.25) is 0 Å². The van der Waals surface area contributed by atoms with Crippen LogP contribution in [-0.2, 0) is 0 Å². The van der Waals surface area contributed by atoms with Crippen LogP contribution in [-0.4, -0.2) is 9.91 Å². The maximum Gasteiger partial charge on any atom is 0.277 e. The topological polar surface area (TPSA) is 91.3 Å². The van der Waals surface area contributed by atoms with Gasteiger partial charge in [0.25, 0.3) is 5.69 Å². The molecule has 0 amide bonds. The molecule has 0 aliphatic carbocycles. The van der Waals surface area contributed by atoms with Crippen molar-refractivity contribution < 1.29 is 9.66 Å². The number of nitro groups is 1. The normalized spacial score (nSPS) is 10.5. The van der Waals surface area contributed by atoms with E-state index in [2.05, 4.69) is 4.98 Å². The minimum Gasteiger partial charge on any atom is -0.454 e. The van der Waals surface area contributed by atoms with Gasteiger partial charge in [0.05, 0.1) is 16.0 Å². The lowest BCUT2D eigenvalue weighted by atomic mass is 10.1. The number of rotatable bonds is 3. The van der Waals surface area contributed by atoms with Crippen molar-refractivity contribution >= 4 is 22.1 Å². The number of benzene rings is 2. The highest BCUT2D eigenvalue weighted by Gasteiger charge is 2.15. The Kier molecular flexibility index (Phi) is 3.12. The van der Waals surface area contributed by atoms with Crippen molar-refractivity contribution in [2.45, 2.75) is 0 Å². The van der Waals surface area contributed by atoms with Gasteiger partial charge >= 0.3 is 0 Å². The smallest absolute Gasteiger partial charge is 0.277 e. The molecule has 0 aliphatic rings. The first kappa shape index (κ1) is 12.9. The molecular weight excluding hydrogens is 270 g/mol. The number of pyridine rings is 1. The van der Waals surface area contributed by atoms with Crippen molar-refractivity contribution in [1.82, 2.24) is 4.98 Å². The molecule has 0 saturated carbocycles. The van der Waals surface area contributed by atoms with Crippen molar-refractivity contribution in [1.29, 1.82) is 0 Å². The average Bonchev–Trinajstić information content (AvgIpc) is 2.49. The van der Waals surface area contributed by atoms with Crippen molar-refractivity contribution in [2.24, 2.45) is 0 Å². The monoisotopic (exact) mass is 281 g/mol. The highest BCUT2D eigenvalue weighted by Crippen LogP contribution is 2.36. The van der Waals surface area contributed by atoms with E-state index in [9.17, 15) is 10.1 Å². The van der Waals surface area contributed by atoms with Gasteiger partial charge in [-0.2, -0.15) is 0 Å². The fourth-order valence-electron chi connectivity index (χ4n) is 2.09. The van der Waals surface area contributed by atoms with Crippen LogP contribution >= 0.6 is 0 Å². The Balaban J connectivity index is 2.14. The fraction of sp³-hybridized carbons (Fsp3) is 0. The SMILES string of the molecule is Nc1ccccc1Oc1ccc([N+](=O)[O-])c2ccncc12. The van der Waals surface area contributed by atoms with Crippen molar-refractivity contribution in [3.8, 4) is 11.5 Å². The van der Waals surface area contributed by atoms with Crippen LogP contribution in [0.25, 0.3) is 10.8 Å². The molecule has 3 aromatic rings. The van der Waals surface area contributed by atoms with Gasteiger partial charge in [-0.3, -0.25) is 15.1 Å². The van der Waals surface area contributed by atoms with Gasteiger partial charge in [-0.1, -0.05) is 12.1 Å². The van der Waals surface area contributed by atoms with Crippen molar-refractivity contribution in [2.75, 3.05) is 5.73 Å². The first-order valence-electron chi connectivity index (χ1n) is 6.20.